The van der Waals surface area contributed by atoms with Crippen molar-refractivity contribution in [3.05, 3.63) is 59.7 Å². The van der Waals surface area contributed by atoms with Crippen LogP contribution in [-0.2, 0) is 4.79 Å². The van der Waals surface area contributed by atoms with Crippen LogP contribution in [0.1, 0.15) is 51.2 Å². The van der Waals surface area contributed by atoms with Crippen LogP contribution < -0.4 is 0 Å². The highest BCUT2D eigenvalue weighted by atomic mass is 32.2. The first-order chi connectivity index (χ1) is 16.1. The zero-order valence-electron chi connectivity index (χ0n) is 20.9. The Balaban J connectivity index is 1.37. The highest BCUT2D eigenvalue weighted by Gasteiger charge is 2.50. The van der Waals surface area contributed by atoms with E-state index < -0.39 is 0 Å². The van der Waals surface area contributed by atoms with Gasteiger partial charge in [0.2, 0.25) is 5.91 Å². The second-order valence-electron chi connectivity index (χ2n) is 11.5. The summed E-state index contributed by atoms with van der Waals surface area (Å²) in [7, 11) is 0. The molecule has 4 nitrogen and oxygen atoms in total. The van der Waals surface area contributed by atoms with Gasteiger partial charge in [0, 0.05) is 23.7 Å². The van der Waals surface area contributed by atoms with E-state index in [1.165, 1.54) is 29.3 Å². The first-order valence-electron chi connectivity index (χ1n) is 12.3. The van der Waals surface area contributed by atoms with Crippen molar-refractivity contribution < 1.29 is 4.79 Å². The lowest BCUT2D eigenvalue weighted by molar-refractivity contribution is -0.129. The van der Waals surface area contributed by atoms with Crippen LogP contribution in [0.4, 0.5) is 0 Å². The molecule has 0 spiro atoms. The van der Waals surface area contributed by atoms with Gasteiger partial charge in [0.05, 0.1) is 17.1 Å². The Morgan fingerprint density at radius 3 is 2.26 bits per heavy atom. The summed E-state index contributed by atoms with van der Waals surface area (Å²) in [5.74, 6) is 0.655. The third-order valence-electron chi connectivity index (χ3n) is 7.41. The second-order valence-corrected chi connectivity index (χ2v) is 12.5. The van der Waals surface area contributed by atoms with Gasteiger partial charge in [0.15, 0.2) is 5.16 Å². The lowest BCUT2D eigenvalue weighted by atomic mass is 9.65. The van der Waals surface area contributed by atoms with E-state index in [1.807, 2.05) is 0 Å². The van der Waals surface area contributed by atoms with Gasteiger partial charge in [-0.05, 0) is 43.9 Å². The first kappa shape index (κ1) is 23.2. The molecule has 34 heavy (non-hydrogen) atoms. The number of aryl methyl sites for hydroxylation is 2. The minimum absolute atomic E-state index is 0.238. The molecule has 1 saturated carbocycles. The number of aromatic nitrogens is 2. The largest absolute Gasteiger partial charge is 0.338 e. The molecule has 2 fully saturated rings. The summed E-state index contributed by atoms with van der Waals surface area (Å²) in [4.78, 5) is 23.9. The molecule has 2 bridgehead atoms. The van der Waals surface area contributed by atoms with E-state index in [-0.39, 0.29) is 11.3 Å². The fraction of sp³-hybridized carbons (Fsp3) is 0.448. The topological polar surface area (TPSA) is 49.0 Å². The van der Waals surface area contributed by atoms with Crippen LogP contribution in [0, 0.1) is 24.7 Å². The van der Waals surface area contributed by atoms with Crippen LogP contribution in [0.5, 0.6) is 0 Å². The summed E-state index contributed by atoms with van der Waals surface area (Å²) in [5.41, 5.74) is 7.16. The molecule has 2 atom stereocenters. The molecule has 2 aliphatic rings. The summed E-state index contributed by atoms with van der Waals surface area (Å²) >= 11 is 1.52. The van der Waals surface area contributed by atoms with Crippen molar-refractivity contribution >= 4 is 17.7 Å². The van der Waals surface area contributed by atoms with E-state index in [9.17, 15) is 4.79 Å². The number of fused-ring (bicyclic) bond motifs is 2. The zero-order valence-corrected chi connectivity index (χ0v) is 21.8. The normalized spacial score (nSPS) is 23.3. The van der Waals surface area contributed by atoms with Crippen molar-refractivity contribution in [2.75, 3.05) is 12.3 Å². The zero-order chi connectivity index (χ0) is 24.1. The van der Waals surface area contributed by atoms with E-state index in [1.54, 1.807) is 0 Å². The number of amides is 1. The van der Waals surface area contributed by atoms with E-state index in [0.29, 0.717) is 17.2 Å². The fourth-order valence-electron chi connectivity index (χ4n) is 6.23. The van der Waals surface area contributed by atoms with Crippen LogP contribution in [-0.4, -0.2) is 39.1 Å². The van der Waals surface area contributed by atoms with Crippen molar-refractivity contribution in [3.63, 3.8) is 0 Å². The first-order valence-corrected chi connectivity index (χ1v) is 13.3. The third-order valence-corrected chi connectivity index (χ3v) is 8.27. The van der Waals surface area contributed by atoms with E-state index in [2.05, 4.69) is 93.0 Å². The maximum atomic E-state index is 13.3. The van der Waals surface area contributed by atoms with Crippen LogP contribution in [0.15, 0.2) is 53.7 Å². The molecule has 1 N–H and O–H groups in total. The average molecular weight is 474 g/mol. The number of nitrogens with zero attached hydrogens (tertiary/aromatic N) is 2. The molecule has 0 unspecified atom stereocenters. The van der Waals surface area contributed by atoms with Crippen LogP contribution in [0.3, 0.4) is 0 Å². The van der Waals surface area contributed by atoms with Gasteiger partial charge in [-0.3, -0.25) is 4.79 Å². The van der Waals surface area contributed by atoms with Crippen molar-refractivity contribution in [3.8, 4) is 22.5 Å². The summed E-state index contributed by atoms with van der Waals surface area (Å²) in [6, 6.07) is 17.4. The molecular weight excluding hydrogens is 438 g/mol. The summed E-state index contributed by atoms with van der Waals surface area (Å²) < 4.78 is 0. The molecule has 1 saturated heterocycles. The van der Waals surface area contributed by atoms with Gasteiger partial charge in [-0.2, -0.15) is 0 Å². The summed E-state index contributed by atoms with van der Waals surface area (Å²) in [5, 5.41) is 0.799. The van der Waals surface area contributed by atoms with Gasteiger partial charge in [-0.25, -0.2) is 4.98 Å². The highest BCUT2D eigenvalue weighted by molar-refractivity contribution is 7.99. The molecule has 3 aromatic rings. The quantitative estimate of drug-likeness (QED) is 0.411. The maximum Gasteiger partial charge on any atom is 0.233 e. The Kier molecular flexibility index (Phi) is 5.87. The SMILES string of the molecule is Cc1ccc(-c2nc(SCC(=O)N3C[C@]4(C)C[C@@H]3CC(C)(C)C4)[nH]c2-c2ccc(C)cc2)cc1. The molecule has 1 amide bonds. The van der Waals surface area contributed by atoms with Crippen LogP contribution in [0.25, 0.3) is 22.5 Å². The molecule has 5 rings (SSSR count). The van der Waals surface area contributed by atoms with Gasteiger partial charge >= 0.3 is 0 Å². The molecule has 2 aromatic carbocycles. The van der Waals surface area contributed by atoms with E-state index in [4.69, 9.17) is 4.98 Å². The Bertz CT molecular complexity index is 1130. The van der Waals surface area contributed by atoms with Crippen molar-refractivity contribution in [1.82, 2.24) is 14.9 Å². The Morgan fingerprint density at radius 2 is 1.62 bits per heavy atom. The maximum absolute atomic E-state index is 13.3. The number of imidazole rings is 1. The minimum Gasteiger partial charge on any atom is -0.338 e. The third kappa shape index (κ3) is 4.68. The summed E-state index contributed by atoms with van der Waals surface area (Å²) in [6.45, 7) is 12.1. The van der Waals surface area contributed by atoms with Crippen LogP contribution >= 0.6 is 11.8 Å². The minimum atomic E-state index is 0.238. The molecule has 1 aromatic heterocycles. The fourth-order valence-corrected chi connectivity index (χ4v) is 6.99. The van der Waals surface area contributed by atoms with E-state index >= 15 is 0 Å². The number of hydrogen-bond donors (Lipinski definition) is 1. The predicted molar refractivity (Wildman–Crippen MR) is 141 cm³/mol. The van der Waals surface area contributed by atoms with Crippen molar-refractivity contribution in [1.29, 1.82) is 0 Å². The molecule has 1 aliphatic carbocycles. The number of carbonyl (C=O) groups is 1. The van der Waals surface area contributed by atoms with Crippen molar-refractivity contribution in [2.24, 2.45) is 10.8 Å². The van der Waals surface area contributed by atoms with Crippen molar-refractivity contribution in [2.45, 2.75) is 65.1 Å². The Labute approximate surface area is 207 Å². The van der Waals surface area contributed by atoms with E-state index in [0.717, 1.165) is 47.1 Å². The number of benzene rings is 2. The number of nitrogens with one attached hydrogen (secondary N) is 1. The highest BCUT2D eigenvalue weighted by Crippen LogP contribution is 2.52. The Hall–Kier alpha value is -2.53. The number of rotatable bonds is 5. The molecular formula is C29H35N3OS. The smallest absolute Gasteiger partial charge is 0.233 e. The number of aromatic amines is 1. The predicted octanol–water partition coefficient (Wildman–Crippen LogP) is 6.88. The molecule has 5 heteroatoms. The van der Waals surface area contributed by atoms with Gasteiger partial charge in [0.1, 0.15) is 0 Å². The monoisotopic (exact) mass is 473 g/mol. The lowest BCUT2D eigenvalue weighted by Crippen LogP contribution is -2.38. The molecule has 178 valence electrons. The number of H-pyrrole nitrogens is 1. The molecule has 1 aliphatic heterocycles. The summed E-state index contributed by atoms with van der Waals surface area (Å²) in [6.07, 6.45) is 3.45. The number of hydrogen-bond acceptors (Lipinski definition) is 3. The standard InChI is InChI=1S/C29H35N3OS/c1-19-6-10-21(11-7-19)25-26(22-12-8-20(2)9-13-22)31-27(30-25)34-16-24(33)32-18-29(5)15-23(32)14-28(3,4)17-29/h6-13,23H,14-18H2,1-5H3,(H,30,31)/t23-,29+/m0/s1. The van der Waals surface area contributed by atoms with Gasteiger partial charge in [-0.15, -0.1) is 0 Å². The van der Waals surface area contributed by atoms with Gasteiger partial charge in [-0.1, -0.05) is 92.2 Å². The lowest BCUT2D eigenvalue weighted by Gasteiger charge is -2.39. The average Bonchev–Trinajstić information content (AvgIpc) is 3.30. The number of thioether (sulfide) groups is 1. The second kappa shape index (κ2) is 8.60. The Morgan fingerprint density at radius 1 is 1.00 bits per heavy atom. The van der Waals surface area contributed by atoms with Crippen LogP contribution in [0.2, 0.25) is 0 Å². The van der Waals surface area contributed by atoms with Gasteiger partial charge in [0.25, 0.3) is 0 Å². The number of likely N-dealkylation sites (tertiary alicyclic amines) is 1. The number of carbonyl (C=O) groups excluding carboxylic acids is 1. The molecule has 0 radical (unpaired) electrons. The van der Waals surface area contributed by atoms with Gasteiger partial charge < -0.3 is 9.88 Å². The molecule has 2 heterocycles.